The van der Waals surface area contributed by atoms with E-state index < -0.39 is 0 Å². The number of hydrogen-bond acceptors (Lipinski definition) is 6. The molecule has 4 nitrogen and oxygen atoms in total. The van der Waals surface area contributed by atoms with Crippen molar-refractivity contribution in [2.75, 3.05) is 23.7 Å². The number of hydrogen-bond donors (Lipinski definition) is 1. The van der Waals surface area contributed by atoms with Gasteiger partial charge in [0.25, 0.3) is 0 Å². The fraction of sp³-hybridized carbons (Fsp3) is 0.211. The molecule has 2 aromatic carbocycles. The highest BCUT2D eigenvalue weighted by Gasteiger charge is 2.20. The van der Waals surface area contributed by atoms with Gasteiger partial charge in [0.1, 0.15) is 12.0 Å². The third kappa shape index (κ3) is 4.39. The predicted molar refractivity (Wildman–Crippen MR) is 106 cm³/mol. The molecule has 0 bridgehead atoms. The fourth-order valence-electron chi connectivity index (χ4n) is 2.61. The summed E-state index contributed by atoms with van der Waals surface area (Å²) in [5, 5.41) is 0. The van der Waals surface area contributed by atoms with Gasteiger partial charge in [-0.15, -0.1) is 11.8 Å². The lowest BCUT2D eigenvalue weighted by Crippen LogP contribution is -2.23. The van der Waals surface area contributed by atoms with Crippen molar-refractivity contribution < 1.29 is 9.53 Å². The Morgan fingerprint density at radius 3 is 2.92 bits per heavy atom. The minimum atomic E-state index is 0.712. The number of para-hydroxylation sites is 1. The molecular formula is C19H20N2O2S2. The lowest BCUT2D eigenvalue weighted by Gasteiger charge is -2.25. The van der Waals surface area contributed by atoms with Gasteiger partial charge in [0, 0.05) is 24.9 Å². The average Bonchev–Trinajstić information content (AvgIpc) is 2.85. The number of thioether (sulfide) groups is 1. The molecule has 0 aromatic heterocycles. The second-order valence-corrected chi connectivity index (χ2v) is 7.50. The van der Waals surface area contributed by atoms with Crippen molar-refractivity contribution in [3.05, 3.63) is 54.8 Å². The molecule has 0 aliphatic carbocycles. The number of ether oxygens (including phenoxy) is 1. The van der Waals surface area contributed by atoms with Gasteiger partial charge >= 0.3 is 0 Å². The monoisotopic (exact) mass is 372 g/mol. The average molecular weight is 373 g/mol. The molecule has 0 saturated carbocycles. The quantitative estimate of drug-likeness (QED) is 0.262. The molecule has 2 aromatic rings. The number of nitrogens with zero attached hydrogens (tertiary/aromatic N) is 1. The number of rotatable bonds is 6. The van der Waals surface area contributed by atoms with Gasteiger partial charge in [-0.2, -0.15) is 0 Å². The van der Waals surface area contributed by atoms with Crippen LogP contribution < -0.4 is 14.4 Å². The van der Waals surface area contributed by atoms with Gasteiger partial charge in [-0.1, -0.05) is 25.1 Å². The van der Waals surface area contributed by atoms with Crippen molar-refractivity contribution in [2.24, 2.45) is 0 Å². The minimum absolute atomic E-state index is 0.712. The number of aldehydes is 1. The second-order valence-electron chi connectivity index (χ2n) is 5.27. The lowest BCUT2D eigenvalue weighted by molar-refractivity contribution is -0.104. The van der Waals surface area contributed by atoms with Gasteiger partial charge in [0.15, 0.2) is 0 Å². The van der Waals surface area contributed by atoms with E-state index in [2.05, 4.69) is 46.9 Å². The lowest BCUT2D eigenvalue weighted by atomic mass is 10.2. The number of carbonyl (C=O) groups is 1. The molecule has 1 aliphatic heterocycles. The highest BCUT2D eigenvalue weighted by molar-refractivity contribution is 7.99. The first-order chi connectivity index (χ1) is 12.3. The third-order valence-corrected chi connectivity index (χ3v) is 5.47. The number of anilines is 2. The van der Waals surface area contributed by atoms with Crippen molar-refractivity contribution in [3.8, 4) is 5.75 Å². The minimum Gasteiger partial charge on any atom is -0.464 e. The number of allylic oxidation sites excluding steroid dienone is 1. The molecule has 0 fully saturated rings. The van der Waals surface area contributed by atoms with Crippen LogP contribution in [0.2, 0.25) is 0 Å². The Kier molecular flexibility index (Phi) is 6.44. The zero-order chi connectivity index (χ0) is 17.5. The molecule has 6 heteroatoms. The zero-order valence-electron chi connectivity index (χ0n) is 14.0. The molecule has 0 saturated heterocycles. The first kappa shape index (κ1) is 17.9. The van der Waals surface area contributed by atoms with Crippen LogP contribution in [0.25, 0.3) is 0 Å². The van der Waals surface area contributed by atoms with E-state index in [9.17, 15) is 4.79 Å². The first-order valence-corrected chi connectivity index (χ1v) is 9.93. The van der Waals surface area contributed by atoms with Crippen molar-refractivity contribution >= 4 is 41.4 Å². The molecule has 0 atom stereocenters. The summed E-state index contributed by atoms with van der Waals surface area (Å²) >= 11 is 3.35. The van der Waals surface area contributed by atoms with E-state index in [1.807, 2.05) is 12.1 Å². The van der Waals surface area contributed by atoms with Crippen LogP contribution in [0, 0.1) is 0 Å². The van der Waals surface area contributed by atoms with Crippen molar-refractivity contribution in [1.82, 2.24) is 4.72 Å². The summed E-state index contributed by atoms with van der Waals surface area (Å²) < 4.78 is 9.07. The number of carbonyl (C=O) groups excluding carboxylic acids is 1. The Balaban J connectivity index is 2.04. The van der Waals surface area contributed by atoms with E-state index in [1.165, 1.54) is 23.7 Å². The maximum absolute atomic E-state index is 10.5. The van der Waals surface area contributed by atoms with Crippen LogP contribution in [-0.4, -0.2) is 25.1 Å². The largest absolute Gasteiger partial charge is 0.464 e. The van der Waals surface area contributed by atoms with Crippen LogP contribution in [0.3, 0.4) is 0 Å². The van der Waals surface area contributed by atoms with Gasteiger partial charge in [-0.3, -0.25) is 9.52 Å². The third-order valence-electron chi connectivity index (χ3n) is 3.66. The Morgan fingerprint density at radius 1 is 1.32 bits per heavy atom. The van der Waals surface area contributed by atoms with E-state index in [4.69, 9.17) is 4.74 Å². The molecular weight excluding hydrogens is 352 g/mol. The zero-order valence-corrected chi connectivity index (χ0v) is 15.6. The van der Waals surface area contributed by atoms with Gasteiger partial charge in [0.05, 0.1) is 21.7 Å². The molecule has 0 spiro atoms. The van der Waals surface area contributed by atoms with Crippen LogP contribution in [0.5, 0.6) is 5.75 Å². The highest BCUT2D eigenvalue weighted by atomic mass is 32.2. The number of benzene rings is 2. The van der Waals surface area contributed by atoms with Gasteiger partial charge in [0.2, 0.25) is 0 Å². The molecule has 3 rings (SSSR count). The fourth-order valence-corrected chi connectivity index (χ4v) is 4.15. The van der Waals surface area contributed by atoms with E-state index in [0.717, 1.165) is 34.4 Å². The standard InChI is InChI=1S/C19H20N2O2S2/c1-2-24-19-13-16-18(14-17(19)23-12-6-11-22)25-20-9-10-21(16)15-7-4-3-5-8-15/h3-8,11-14,20H,2,9-10H2,1H3/b12-6+. The number of nitrogens with one attached hydrogen (secondary N) is 1. The molecule has 0 radical (unpaired) electrons. The van der Waals surface area contributed by atoms with Crippen molar-refractivity contribution in [1.29, 1.82) is 0 Å². The van der Waals surface area contributed by atoms with Crippen LogP contribution in [0.15, 0.2) is 64.6 Å². The van der Waals surface area contributed by atoms with Gasteiger partial charge in [-0.25, -0.2) is 0 Å². The molecule has 1 N–H and O–H groups in total. The molecule has 0 unspecified atom stereocenters. The Hall–Kier alpha value is -1.89. The summed E-state index contributed by atoms with van der Waals surface area (Å²) in [6.45, 7) is 3.89. The van der Waals surface area contributed by atoms with Gasteiger partial charge in [-0.05, 0) is 42.0 Å². The summed E-state index contributed by atoms with van der Waals surface area (Å²) in [4.78, 5) is 15.0. The van der Waals surface area contributed by atoms with Crippen LogP contribution in [-0.2, 0) is 4.79 Å². The maximum Gasteiger partial charge on any atom is 0.145 e. The number of fused-ring (bicyclic) bond motifs is 1. The maximum atomic E-state index is 10.5. The van der Waals surface area contributed by atoms with E-state index in [0.29, 0.717) is 6.29 Å². The summed E-state index contributed by atoms with van der Waals surface area (Å²) in [6.07, 6.45) is 3.50. The van der Waals surface area contributed by atoms with Gasteiger partial charge < -0.3 is 9.64 Å². The molecule has 1 aliphatic rings. The Morgan fingerprint density at radius 2 is 2.16 bits per heavy atom. The van der Waals surface area contributed by atoms with Crippen molar-refractivity contribution in [3.63, 3.8) is 0 Å². The topological polar surface area (TPSA) is 41.6 Å². The normalized spacial score (nSPS) is 14.2. The molecule has 25 heavy (non-hydrogen) atoms. The van der Waals surface area contributed by atoms with Crippen LogP contribution >= 0.6 is 23.7 Å². The summed E-state index contributed by atoms with van der Waals surface area (Å²) in [5.74, 6) is 1.72. The molecule has 0 amide bonds. The van der Waals surface area contributed by atoms with Crippen molar-refractivity contribution in [2.45, 2.75) is 16.7 Å². The SMILES string of the molecule is CCSc1cc2c(cc1O/C=C/C=O)SNCCN2c1ccccc1. The second kappa shape index (κ2) is 8.99. The highest BCUT2D eigenvalue weighted by Crippen LogP contribution is 2.42. The smallest absolute Gasteiger partial charge is 0.145 e. The van der Waals surface area contributed by atoms with E-state index in [1.54, 1.807) is 23.7 Å². The summed E-state index contributed by atoms with van der Waals surface area (Å²) in [7, 11) is 0. The first-order valence-electron chi connectivity index (χ1n) is 8.13. The van der Waals surface area contributed by atoms with Crippen LogP contribution in [0.1, 0.15) is 6.92 Å². The predicted octanol–water partition coefficient (Wildman–Crippen LogP) is 4.64. The Bertz CT molecular complexity index is 751. The Labute approximate surface area is 156 Å². The van der Waals surface area contributed by atoms with E-state index >= 15 is 0 Å². The van der Waals surface area contributed by atoms with E-state index in [-0.39, 0.29) is 0 Å². The van der Waals surface area contributed by atoms with Crippen LogP contribution in [0.4, 0.5) is 11.4 Å². The molecule has 1 heterocycles. The summed E-state index contributed by atoms with van der Waals surface area (Å²) in [6, 6.07) is 14.6. The molecule has 130 valence electrons. The summed E-state index contributed by atoms with van der Waals surface area (Å²) in [5.41, 5.74) is 2.35.